The van der Waals surface area contributed by atoms with Crippen LogP contribution in [0.15, 0.2) is 53.5 Å². The zero-order chi connectivity index (χ0) is 21.2. The van der Waals surface area contributed by atoms with Gasteiger partial charge in [-0.15, -0.1) is 24.0 Å². The van der Waals surface area contributed by atoms with Gasteiger partial charge in [0.15, 0.2) is 5.96 Å². The van der Waals surface area contributed by atoms with E-state index in [0.29, 0.717) is 18.7 Å². The van der Waals surface area contributed by atoms with Crippen molar-refractivity contribution >= 4 is 35.8 Å². The monoisotopic (exact) mass is 524 g/mol. The number of amides is 1. The number of carbonyl (C=O) groups is 1. The molecule has 0 aliphatic heterocycles. The number of nitrogens with zero attached hydrogens (tertiary/aromatic N) is 2. The third kappa shape index (κ3) is 8.22. The summed E-state index contributed by atoms with van der Waals surface area (Å²) in [7, 11) is 5.27. The molecule has 7 heteroatoms. The van der Waals surface area contributed by atoms with E-state index in [0.717, 1.165) is 29.3 Å². The molecule has 0 saturated carbocycles. The first-order valence-electron chi connectivity index (χ1n) is 9.88. The summed E-state index contributed by atoms with van der Waals surface area (Å²) >= 11 is 0. The Balaban J connectivity index is 0.00000450. The van der Waals surface area contributed by atoms with Gasteiger partial charge >= 0.3 is 0 Å². The summed E-state index contributed by atoms with van der Waals surface area (Å²) in [6, 6.07) is 15.7. The highest BCUT2D eigenvalue weighted by Gasteiger charge is 2.09. The molecule has 0 heterocycles. The number of benzene rings is 2. The fourth-order valence-electron chi connectivity index (χ4n) is 2.85. The second-order valence-electron chi connectivity index (χ2n) is 7.22. The van der Waals surface area contributed by atoms with Gasteiger partial charge < -0.3 is 20.3 Å². The molecule has 0 aliphatic rings. The van der Waals surface area contributed by atoms with Gasteiger partial charge in [-0.1, -0.05) is 30.3 Å². The molecule has 1 unspecified atom stereocenters. The van der Waals surface area contributed by atoms with Crippen molar-refractivity contribution in [3.8, 4) is 5.75 Å². The van der Waals surface area contributed by atoms with Crippen LogP contribution in [0.25, 0.3) is 0 Å². The fraction of sp³-hybridized carbons (Fsp3) is 0.391. The Labute approximate surface area is 197 Å². The molecule has 0 spiro atoms. The van der Waals surface area contributed by atoms with Crippen molar-refractivity contribution in [2.75, 3.05) is 34.2 Å². The first kappa shape index (κ1) is 25.7. The molecule has 30 heavy (non-hydrogen) atoms. The van der Waals surface area contributed by atoms with E-state index >= 15 is 0 Å². The van der Waals surface area contributed by atoms with Crippen molar-refractivity contribution in [1.29, 1.82) is 0 Å². The lowest BCUT2D eigenvalue weighted by atomic mass is 10.1. The summed E-state index contributed by atoms with van der Waals surface area (Å²) < 4.78 is 5.99. The number of hydrogen-bond donors (Lipinski definition) is 2. The van der Waals surface area contributed by atoms with Gasteiger partial charge in [-0.25, -0.2) is 0 Å². The van der Waals surface area contributed by atoms with Crippen LogP contribution in [-0.4, -0.2) is 57.1 Å². The molecule has 0 fully saturated rings. The minimum Gasteiger partial charge on any atom is -0.489 e. The number of nitrogens with one attached hydrogen (secondary N) is 2. The Morgan fingerprint density at radius 2 is 1.87 bits per heavy atom. The van der Waals surface area contributed by atoms with Gasteiger partial charge in [0.25, 0.3) is 5.91 Å². The number of carbonyl (C=O) groups excluding carboxylic acids is 1. The van der Waals surface area contributed by atoms with Gasteiger partial charge in [-0.3, -0.25) is 9.79 Å². The van der Waals surface area contributed by atoms with Gasteiger partial charge in [0, 0.05) is 33.3 Å². The molecule has 2 N–H and O–H groups in total. The molecule has 0 radical (unpaired) electrons. The molecule has 1 amide bonds. The van der Waals surface area contributed by atoms with Gasteiger partial charge in [-0.05, 0) is 49.6 Å². The number of aliphatic imine (C=N–C) groups is 1. The second-order valence-corrected chi connectivity index (χ2v) is 7.22. The highest BCUT2D eigenvalue weighted by Crippen LogP contribution is 2.17. The van der Waals surface area contributed by atoms with Crippen LogP contribution in [0.3, 0.4) is 0 Å². The maximum absolute atomic E-state index is 12.1. The van der Waals surface area contributed by atoms with Crippen LogP contribution >= 0.6 is 24.0 Å². The summed E-state index contributed by atoms with van der Waals surface area (Å²) in [5, 5.41) is 6.60. The van der Waals surface area contributed by atoms with Crippen LogP contribution in [-0.2, 0) is 6.42 Å². The molecular weight excluding hydrogens is 491 g/mol. The third-order valence-corrected chi connectivity index (χ3v) is 4.49. The van der Waals surface area contributed by atoms with E-state index in [4.69, 9.17) is 4.74 Å². The van der Waals surface area contributed by atoms with Crippen molar-refractivity contribution in [2.24, 2.45) is 4.99 Å². The second kappa shape index (κ2) is 13.1. The van der Waals surface area contributed by atoms with Crippen molar-refractivity contribution in [2.45, 2.75) is 26.4 Å². The highest BCUT2D eigenvalue weighted by molar-refractivity contribution is 14.0. The number of rotatable bonds is 8. The summed E-state index contributed by atoms with van der Waals surface area (Å²) in [5.74, 6) is 1.64. The molecule has 2 aromatic rings. The molecule has 0 bridgehead atoms. The van der Waals surface area contributed by atoms with Crippen LogP contribution < -0.4 is 15.4 Å². The van der Waals surface area contributed by atoms with E-state index in [9.17, 15) is 4.79 Å². The lowest BCUT2D eigenvalue weighted by Gasteiger charge is -2.19. The Hall–Kier alpha value is -2.29. The van der Waals surface area contributed by atoms with E-state index in [1.165, 1.54) is 0 Å². The average Bonchev–Trinajstić information content (AvgIpc) is 2.71. The SMILES string of the molecule is CN=C(NCCc1cccc(C(=O)N(C)C)c1)NCC(C)Oc1ccccc1C.I. The molecule has 0 saturated heterocycles. The summed E-state index contributed by atoms with van der Waals surface area (Å²) in [6.07, 6.45) is 0.799. The Bertz CT molecular complexity index is 839. The van der Waals surface area contributed by atoms with Gasteiger partial charge in [0.2, 0.25) is 0 Å². The molecule has 2 aromatic carbocycles. The summed E-state index contributed by atoms with van der Waals surface area (Å²) in [4.78, 5) is 17.9. The fourth-order valence-corrected chi connectivity index (χ4v) is 2.85. The Morgan fingerprint density at radius 3 is 2.53 bits per heavy atom. The number of aryl methyl sites for hydroxylation is 1. The minimum absolute atomic E-state index is 0. The molecular formula is C23H33IN4O2. The highest BCUT2D eigenvalue weighted by atomic mass is 127. The van der Waals surface area contributed by atoms with Crippen LogP contribution in [0.2, 0.25) is 0 Å². The first-order chi connectivity index (χ1) is 13.9. The summed E-state index contributed by atoms with van der Waals surface area (Å²) in [5.41, 5.74) is 2.94. The predicted octanol–water partition coefficient (Wildman–Crippen LogP) is 3.49. The van der Waals surface area contributed by atoms with E-state index < -0.39 is 0 Å². The van der Waals surface area contributed by atoms with Gasteiger partial charge in [0.05, 0.1) is 6.54 Å². The zero-order valence-electron chi connectivity index (χ0n) is 18.4. The van der Waals surface area contributed by atoms with E-state index in [1.54, 1.807) is 26.0 Å². The van der Waals surface area contributed by atoms with Gasteiger partial charge in [-0.2, -0.15) is 0 Å². The number of halogens is 1. The first-order valence-corrected chi connectivity index (χ1v) is 9.88. The third-order valence-electron chi connectivity index (χ3n) is 4.49. The van der Waals surface area contributed by atoms with E-state index in [1.807, 2.05) is 62.4 Å². The Kier molecular flexibility index (Phi) is 11.2. The van der Waals surface area contributed by atoms with Crippen molar-refractivity contribution < 1.29 is 9.53 Å². The van der Waals surface area contributed by atoms with Crippen LogP contribution in [0.4, 0.5) is 0 Å². The molecule has 0 aromatic heterocycles. The Morgan fingerprint density at radius 1 is 1.13 bits per heavy atom. The smallest absolute Gasteiger partial charge is 0.253 e. The number of ether oxygens (including phenoxy) is 1. The number of hydrogen-bond acceptors (Lipinski definition) is 3. The van der Waals surface area contributed by atoms with Gasteiger partial charge in [0.1, 0.15) is 11.9 Å². The quantitative estimate of drug-likeness (QED) is 0.315. The summed E-state index contributed by atoms with van der Waals surface area (Å²) in [6.45, 7) is 5.42. The molecule has 0 aliphatic carbocycles. The average molecular weight is 524 g/mol. The van der Waals surface area contributed by atoms with E-state index in [2.05, 4.69) is 15.6 Å². The minimum atomic E-state index is 0. The largest absolute Gasteiger partial charge is 0.489 e. The normalized spacial score (nSPS) is 11.8. The predicted molar refractivity (Wildman–Crippen MR) is 134 cm³/mol. The van der Waals surface area contributed by atoms with E-state index in [-0.39, 0.29) is 36.0 Å². The van der Waals surface area contributed by atoms with Crippen molar-refractivity contribution in [3.63, 3.8) is 0 Å². The van der Waals surface area contributed by atoms with Crippen LogP contribution in [0, 0.1) is 6.92 Å². The lowest BCUT2D eigenvalue weighted by molar-refractivity contribution is 0.0827. The molecule has 1 atom stereocenters. The van der Waals surface area contributed by atoms with Crippen LogP contribution in [0.1, 0.15) is 28.4 Å². The maximum Gasteiger partial charge on any atom is 0.253 e. The van der Waals surface area contributed by atoms with Crippen molar-refractivity contribution in [1.82, 2.24) is 15.5 Å². The number of para-hydroxylation sites is 1. The zero-order valence-corrected chi connectivity index (χ0v) is 20.8. The number of guanidine groups is 1. The molecule has 2 rings (SSSR count). The lowest BCUT2D eigenvalue weighted by Crippen LogP contribution is -2.42. The maximum atomic E-state index is 12.1. The molecule has 6 nitrogen and oxygen atoms in total. The molecule has 164 valence electrons. The standard InChI is InChI=1S/C23H32N4O2.HI/c1-17-9-6-7-12-21(17)29-18(2)16-26-23(24-3)25-14-13-19-10-8-11-20(15-19)22(28)27(4)5;/h6-12,15,18H,13-14,16H2,1-5H3,(H2,24,25,26);1H. The topological polar surface area (TPSA) is 66.0 Å². The van der Waals surface area contributed by atoms with Crippen molar-refractivity contribution in [3.05, 3.63) is 65.2 Å². The van der Waals surface area contributed by atoms with Crippen LogP contribution in [0.5, 0.6) is 5.75 Å².